The summed E-state index contributed by atoms with van der Waals surface area (Å²) in [4.78, 5) is 17.9. The Morgan fingerprint density at radius 2 is 1.79 bits per heavy atom. The first-order valence-corrected chi connectivity index (χ1v) is 10.3. The second-order valence-corrected chi connectivity index (χ2v) is 8.17. The molecule has 2 aromatic rings. The van der Waals surface area contributed by atoms with E-state index in [4.69, 9.17) is 16.9 Å². The van der Waals surface area contributed by atoms with Gasteiger partial charge in [0.05, 0.1) is 17.0 Å². The van der Waals surface area contributed by atoms with Crippen LogP contribution in [0.25, 0.3) is 0 Å². The van der Waals surface area contributed by atoms with Crippen LogP contribution in [0, 0.1) is 11.3 Å². The molecule has 0 atom stereocenters. The van der Waals surface area contributed by atoms with E-state index in [1.165, 1.54) is 0 Å². The van der Waals surface area contributed by atoms with Gasteiger partial charge in [0, 0.05) is 36.9 Å². The SMILES string of the molecule is N#Cc1ccc(N2CCCN(C(=O)C3(c4cccc(Cl)c4)CCC3)CC2)cc1. The van der Waals surface area contributed by atoms with Crippen molar-refractivity contribution < 1.29 is 4.79 Å². The topological polar surface area (TPSA) is 47.3 Å². The van der Waals surface area contributed by atoms with Crippen LogP contribution in [0.4, 0.5) is 5.69 Å². The van der Waals surface area contributed by atoms with Gasteiger partial charge in [0.1, 0.15) is 0 Å². The van der Waals surface area contributed by atoms with Crippen LogP contribution in [0.1, 0.15) is 36.8 Å². The Morgan fingerprint density at radius 1 is 1.00 bits per heavy atom. The van der Waals surface area contributed by atoms with E-state index in [1.807, 2.05) is 53.4 Å². The highest BCUT2D eigenvalue weighted by molar-refractivity contribution is 6.30. The number of rotatable bonds is 3. The number of nitriles is 1. The van der Waals surface area contributed by atoms with Crippen molar-refractivity contribution >= 4 is 23.2 Å². The summed E-state index contributed by atoms with van der Waals surface area (Å²) in [6.45, 7) is 3.23. The van der Waals surface area contributed by atoms with E-state index in [0.717, 1.165) is 63.1 Å². The Kier molecular flexibility index (Phi) is 5.28. The van der Waals surface area contributed by atoms with Crippen molar-refractivity contribution in [3.63, 3.8) is 0 Å². The summed E-state index contributed by atoms with van der Waals surface area (Å²) in [6.07, 6.45) is 3.84. The second kappa shape index (κ2) is 7.85. The average Bonchev–Trinajstić information content (AvgIpc) is 2.93. The van der Waals surface area contributed by atoms with E-state index in [-0.39, 0.29) is 5.91 Å². The third-order valence-electron chi connectivity index (χ3n) is 6.14. The molecule has 1 saturated heterocycles. The number of carbonyl (C=O) groups excluding carboxylic acids is 1. The van der Waals surface area contributed by atoms with Crippen LogP contribution in [0.3, 0.4) is 0 Å². The quantitative estimate of drug-likeness (QED) is 0.777. The first-order valence-electron chi connectivity index (χ1n) is 9.93. The van der Waals surface area contributed by atoms with Gasteiger partial charge >= 0.3 is 0 Å². The fourth-order valence-corrected chi connectivity index (χ4v) is 4.56. The van der Waals surface area contributed by atoms with Gasteiger partial charge in [0.2, 0.25) is 5.91 Å². The lowest BCUT2D eigenvalue weighted by molar-refractivity contribution is -0.140. The zero-order chi connectivity index (χ0) is 19.6. The smallest absolute Gasteiger partial charge is 0.233 e. The van der Waals surface area contributed by atoms with Crippen molar-refractivity contribution in [2.45, 2.75) is 31.1 Å². The number of amides is 1. The molecule has 0 unspecified atom stereocenters. The number of halogens is 1. The zero-order valence-corrected chi connectivity index (χ0v) is 16.7. The standard InChI is InChI=1S/C23H24ClN3O/c24-20-5-1-4-19(16-20)23(10-2-11-23)22(28)27-13-3-12-26(14-15-27)21-8-6-18(17-25)7-9-21/h1,4-9,16H,2-3,10-15H2. The van der Waals surface area contributed by atoms with E-state index < -0.39 is 5.41 Å². The van der Waals surface area contributed by atoms with E-state index in [2.05, 4.69) is 11.0 Å². The van der Waals surface area contributed by atoms with Gasteiger partial charge in [-0.3, -0.25) is 4.79 Å². The fourth-order valence-electron chi connectivity index (χ4n) is 4.37. The Morgan fingerprint density at radius 3 is 2.43 bits per heavy atom. The minimum atomic E-state index is -0.394. The molecular weight excluding hydrogens is 370 g/mol. The van der Waals surface area contributed by atoms with Crippen LogP contribution in [0.5, 0.6) is 0 Å². The Bertz CT molecular complexity index is 899. The number of hydrogen-bond donors (Lipinski definition) is 0. The van der Waals surface area contributed by atoms with E-state index >= 15 is 0 Å². The molecule has 0 bridgehead atoms. The van der Waals surface area contributed by atoms with Crippen LogP contribution in [-0.2, 0) is 10.2 Å². The molecule has 28 heavy (non-hydrogen) atoms. The lowest BCUT2D eigenvalue weighted by Gasteiger charge is -2.44. The van der Waals surface area contributed by atoms with Crippen molar-refractivity contribution in [1.82, 2.24) is 4.90 Å². The molecule has 2 aromatic carbocycles. The van der Waals surface area contributed by atoms with Crippen LogP contribution < -0.4 is 4.90 Å². The molecule has 1 aliphatic heterocycles. The highest BCUT2D eigenvalue weighted by Gasteiger charge is 2.47. The minimum absolute atomic E-state index is 0.252. The predicted octanol–water partition coefficient (Wildman–Crippen LogP) is 4.37. The van der Waals surface area contributed by atoms with Crippen LogP contribution >= 0.6 is 11.6 Å². The molecule has 0 spiro atoms. The van der Waals surface area contributed by atoms with Gasteiger partial charge in [-0.25, -0.2) is 0 Å². The summed E-state index contributed by atoms with van der Waals surface area (Å²) >= 11 is 6.21. The lowest BCUT2D eigenvalue weighted by Crippen LogP contribution is -2.52. The molecule has 2 fully saturated rings. The predicted molar refractivity (Wildman–Crippen MR) is 112 cm³/mol. The highest BCUT2D eigenvalue weighted by Crippen LogP contribution is 2.45. The largest absolute Gasteiger partial charge is 0.370 e. The van der Waals surface area contributed by atoms with Gasteiger partial charge in [0.15, 0.2) is 0 Å². The van der Waals surface area contributed by atoms with Gasteiger partial charge in [-0.05, 0) is 61.2 Å². The van der Waals surface area contributed by atoms with Crippen molar-refractivity contribution in [1.29, 1.82) is 5.26 Å². The lowest BCUT2D eigenvalue weighted by atomic mass is 9.63. The summed E-state index contributed by atoms with van der Waals surface area (Å²) in [6, 6.07) is 17.7. The van der Waals surface area contributed by atoms with E-state index in [1.54, 1.807) is 0 Å². The number of hydrogen-bond acceptors (Lipinski definition) is 3. The molecule has 5 heteroatoms. The van der Waals surface area contributed by atoms with Crippen molar-refractivity contribution in [2.24, 2.45) is 0 Å². The molecule has 0 aromatic heterocycles. The highest BCUT2D eigenvalue weighted by atomic mass is 35.5. The number of anilines is 1. The monoisotopic (exact) mass is 393 g/mol. The molecule has 144 valence electrons. The van der Waals surface area contributed by atoms with Crippen molar-refractivity contribution in [3.8, 4) is 6.07 Å². The molecule has 4 rings (SSSR count). The summed E-state index contributed by atoms with van der Waals surface area (Å²) in [5.74, 6) is 0.252. The van der Waals surface area contributed by atoms with Crippen molar-refractivity contribution in [3.05, 3.63) is 64.7 Å². The molecule has 1 amide bonds. The summed E-state index contributed by atoms with van der Waals surface area (Å²) in [5, 5.41) is 9.67. The summed E-state index contributed by atoms with van der Waals surface area (Å²) < 4.78 is 0. The molecule has 1 heterocycles. The Balaban J connectivity index is 1.49. The first-order chi connectivity index (χ1) is 13.6. The average molecular weight is 394 g/mol. The molecule has 1 aliphatic carbocycles. The summed E-state index contributed by atoms with van der Waals surface area (Å²) in [5.41, 5.74) is 2.45. The number of carbonyl (C=O) groups is 1. The van der Waals surface area contributed by atoms with Crippen LogP contribution in [0.2, 0.25) is 5.02 Å². The zero-order valence-electron chi connectivity index (χ0n) is 15.9. The van der Waals surface area contributed by atoms with Gasteiger partial charge < -0.3 is 9.80 Å². The normalized spacial score (nSPS) is 18.7. The Labute approximate surface area is 171 Å². The van der Waals surface area contributed by atoms with Gasteiger partial charge in [-0.15, -0.1) is 0 Å². The molecule has 2 aliphatic rings. The maximum atomic E-state index is 13.5. The molecule has 4 nitrogen and oxygen atoms in total. The number of nitrogens with zero attached hydrogens (tertiary/aromatic N) is 3. The third kappa shape index (κ3) is 3.47. The van der Waals surface area contributed by atoms with E-state index in [9.17, 15) is 4.79 Å². The molecule has 1 saturated carbocycles. The number of benzene rings is 2. The Hall–Kier alpha value is -2.51. The fraction of sp³-hybridized carbons (Fsp3) is 0.391. The van der Waals surface area contributed by atoms with E-state index in [0.29, 0.717) is 10.6 Å². The van der Waals surface area contributed by atoms with Crippen molar-refractivity contribution in [2.75, 3.05) is 31.1 Å². The summed E-state index contributed by atoms with van der Waals surface area (Å²) in [7, 11) is 0. The maximum Gasteiger partial charge on any atom is 0.233 e. The molecule has 0 radical (unpaired) electrons. The van der Waals surface area contributed by atoms with Crippen LogP contribution in [0.15, 0.2) is 48.5 Å². The van der Waals surface area contributed by atoms with Crippen LogP contribution in [-0.4, -0.2) is 37.0 Å². The van der Waals surface area contributed by atoms with Gasteiger partial charge in [-0.1, -0.05) is 30.2 Å². The molecular formula is C23H24ClN3O. The first kappa shape index (κ1) is 18.8. The third-order valence-corrected chi connectivity index (χ3v) is 6.37. The van der Waals surface area contributed by atoms with Gasteiger partial charge in [-0.2, -0.15) is 5.26 Å². The minimum Gasteiger partial charge on any atom is -0.370 e. The second-order valence-electron chi connectivity index (χ2n) is 7.74. The molecule has 0 N–H and O–H groups in total. The maximum absolute atomic E-state index is 13.5. The van der Waals surface area contributed by atoms with Gasteiger partial charge in [0.25, 0.3) is 0 Å².